The summed E-state index contributed by atoms with van der Waals surface area (Å²) in [6.07, 6.45) is 1.01. The molecule has 0 radical (unpaired) electrons. The van der Waals surface area contributed by atoms with Gasteiger partial charge in [0, 0.05) is 31.9 Å². The molecule has 0 atom stereocenters. The molecule has 1 saturated heterocycles. The van der Waals surface area contributed by atoms with Crippen LogP contribution in [0.25, 0.3) is 0 Å². The lowest BCUT2D eigenvalue weighted by molar-refractivity contribution is -0.156. The van der Waals surface area contributed by atoms with Crippen molar-refractivity contribution < 1.29 is 19.0 Å². The Balaban J connectivity index is 2.04. The lowest BCUT2D eigenvalue weighted by Crippen LogP contribution is -2.45. The van der Waals surface area contributed by atoms with Gasteiger partial charge in [-0.2, -0.15) is 0 Å². The molecular weight excluding hydrogens is 261 g/mol. The quantitative estimate of drug-likeness (QED) is 0.898. The SMILES string of the molecule is CN(Cc1ccccc1F)CC1(C(=O)O)CCOCC1. The average molecular weight is 281 g/mol. The van der Waals surface area contributed by atoms with Gasteiger partial charge >= 0.3 is 5.97 Å². The minimum absolute atomic E-state index is 0.254. The molecule has 0 amide bonds. The third kappa shape index (κ3) is 3.35. The Morgan fingerprint density at radius 1 is 1.40 bits per heavy atom. The van der Waals surface area contributed by atoms with Crippen molar-refractivity contribution in [3.05, 3.63) is 35.6 Å². The minimum Gasteiger partial charge on any atom is -0.481 e. The van der Waals surface area contributed by atoms with Crippen LogP contribution in [0, 0.1) is 11.2 Å². The van der Waals surface area contributed by atoms with Gasteiger partial charge in [-0.1, -0.05) is 18.2 Å². The Labute approximate surface area is 118 Å². The molecule has 1 aromatic rings. The largest absolute Gasteiger partial charge is 0.481 e. The first-order valence-electron chi connectivity index (χ1n) is 6.77. The van der Waals surface area contributed by atoms with E-state index in [1.54, 1.807) is 18.2 Å². The van der Waals surface area contributed by atoms with Gasteiger partial charge < -0.3 is 14.7 Å². The van der Waals surface area contributed by atoms with Crippen LogP contribution in [0.1, 0.15) is 18.4 Å². The first-order valence-corrected chi connectivity index (χ1v) is 6.77. The highest BCUT2D eigenvalue weighted by atomic mass is 19.1. The highest BCUT2D eigenvalue weighted by Crippen LogP contribution is 2.32. The number of aliphatic carboxylic acids is 1. The molecular formula is C15H20FNO3. The van der Waals surface area contributed by atoms with Crippen LogP contribution in [-0.2, 0) is 16.1 Å². The molecule has 1 fully saturated rings. The normalized spacial score (nSPS) is 18.1. The Morgan fingerprint density at radius 3 is 2.65 bits per heavy atom. The number of hydrogen-bond acceptors (Lipinski definition) is 3. The number of ether oxygens (including phenoxy) is 1. The minimum atomic E-state index is -0.791. The highest BCUT2D eigenvalue weighted by molar-refractivity contribution is 5.75. The van der Waals surface area contributed by atoms with E-state index >= 15 is 0 Å². The fourth-order valence-electron chi connectivity index (χ4n) is 2.69. The third-order valence-electron chi connectivity index (χ3n) is 3.87. The summed E-state index contributed by atoms with van der Waals surface area (Å²) >= 11 is 0. The van der Waals surface area contributed by atoms with E-state index in [4.69, 9.17) is 4.74 Å². The molecule has 0 spiro atoms. The van der Waals surface area contributed by atoms with E-state index in [1.165, 1.54) is 6.07 Å². The molecule has 4 nitrogen and oxygen atoms in total. The molecule has 0 aromatic heterocycles. The molecule has 5 heteroatoms. The Morgan fingerprint density at radius 2 is 2.05 bits per heavy atom. The van der Waals surface area contributed by atoms with E-state index in [0.29, 0.717) is 44.7 Å². The molecule has 0 bridgehead atoms. The zero-order chi connectivity index (χ0) is 14.6. The van der Waals surface area contributed by atoms with Gasteiger partial charge in [0.25, 0.3) is 0 Å². The number of carbonyl (C=O) groups is 1. The van der Waals surface area contributed by atoms with Gasteiger partial charge in [-0.15, -0.1) is 0 Å². The predicted octanol–water partition coefficient (Wildman–Crippen LogP) is 2.14. The smallest absolute Gasteiger partial charge is 0.311 e. The van der Waals surface area contributed by atoms with Crippen LogP contribution in [0.3, 0.4) is 0 Å². The Bertz CT molecular complexity index is 472. The zero-order valence-electron chi connectivity index (χ0n) is 11.6. The van der Waals surface area contributed by atoms with Crippen molar-refractivity contribution in [1.82, 2.24) is 4.90 Å². The van der Waals surface area contributed by atoms with Gasteiger partial charge in [0.1, 0.15) is 5.82 Å². The van der Waals surface area contributed by atoms with Crippen LogP contribution in [0.2, 0.25) is 0 Å². The summed E-state index contributed by atoms with van der Waals surface area (Å²) in [5.74, 6) is -1.04. The summed E-state index contributed by atoms with van der Waals surface area (Å²) in [5.41, 5.74) is -0.194. The van der Waals surface area contributed by atoms with Gasteiger partial charge in [-0.3, -0.25) is 4.79 Å². The lowest BCUT2D eigenvalue weighted by atomic mass is 9.80. The summed E-state index contributed by atoms with van der Waals surface area (Å²) < 4.78 is 18.9. The van der Waals surface area contributed by atoms with Crippen LogP contribution < -0.4 is 0 Å². The fourth-order valence-corrected chi connectivity index (χ4v) is 2.69. The van der Waals surface area contributed by atoms with Crippen molar-refractivity contribution in [2.75, 3.05) is 26.8 Å². The Hall–Kier alpha value is -1.46. The fraction of sp³-hybridized carbons (Fsp3) is 0.533. The van der Waals surface area contributed by atoms with Crippen LogP contribution in [0.4, 0.5) is 4.39 Å². The topological polar surface area (TPSA) is 49.8 Å². The summed E-state index contributed by atoms with van der Waals surface area (Å²) in [5, 5.41) is 9.50. The molecule has 20 heavy (non-hydrogen) atoms. The van der Waals surface area contributed by atoms with Gasteiger partial charge in [-0.05, 0) is 26.0 Å². The van der Waals surface area contributed by atoms with Crippen LogP contribution in [0.5, 0.6) is 0 Å². The number of carboxylic acid groups (broad SMARTS) is 1. The Kier molecular flexibility index (Phi) is 4.73. The summed E-state index contributed by atoms with van der Waals surface area (Å²) in [7, 11) is 1.83. The number of halogens is 1. The predicted molar refractivity (Wildman–Crippen MR) is 72.9 cm³/mol. The molecule has 1 aliphatic rings. The van der Waals surface area contributed by atoms with Gasteiger partial charge in [0.2, 0.25) is 0 Å². The molecule has 1 N–H and O–H groups in total. The number of nitrogens with zero attached hydrogens (tertiary/aromatic N) is 1. The molecule has 1 aliphatic heterocycles. The maximum atomic E-state index is 13.6. The molecule has 1 aromatic carbocycles. The van der Waals surface area contributed by atoms with E-state index in [1.807, 2.05) is 11.9 Å². The third-order valence-corrected chi connectivity index (χ3v) is 3.87. The number of carboxylic acids is 1. The second kappa shape index (κ2) is 6.33. The second-order valence-corrected chi connectivity index (χ2v) is 5.46. The van der Waals surface area contributed by atoms with E-state index in [2.05, 4.69) is 0 Å². The molecule has 2 rings (SSSR count). The van der Waals surface area contributed by atoms with Crippen molar-refractivity contribution in [2.45, 2.75) is 19.4 Å². The first kappa shape index (κ1) is 14.9. The van der Waals surface area contributed by atoms with Crippen LogP contribution in [-0.4, -0.2) is 42.8 Å². The average Bonchev–Trinajstić information content (AvgIpc) is 2.42. The maximum absolute atomic E-state index is 13.6. The van der Waals surface area contributed by atoms with E-state index in [0.717, 1.165) is 0 Å². The maximum Gasteiger partial charge on any atom is 0.311 e. The van der Waals surface area contributed by atoms with E-state index in [-0.39, 0.29) is 5.82 Å². The molecule has 0 saturated carbocycles. The van der Waals surface area contributed by atoms with Crippen molar-refractivity contribution >= 4 is 5.97 Å². The molecule has 110 valence electrons. The summed E-state index contributed by atoms with van der Waals surface area (Å²) in [6.45, 7) is 1.75. The molecule has 0 aliphatic carbocycles. The van der Waals surface area contributed by atoms with Crippen molar-refractivity contribution in [1.29, 1.82) is 0 Å². The van der Waals surface area contributed by atoms with Crippen LogP contribution >= 0.6 is 0 Å². The van der Waals surface area contributed by atoms with Gasteiger partial charge in [0.05, 0.1) is 5.41 Å². The first-order chi connectivity index (χ1) is 9.53. The van der Waals surface area contributed by atoms with Crippen LogP contribution in [0.15, 0.2) is 24.3 Å². The van der Waals surface area contributed by atoms with E-state index in [9.17, 15) is 14.3 Å². The number of benzene rings is 1. The van der Waals surface area contributed by atoms with Crippen molar-refractivity contribution in [3.63, 3.8) is 0 Å². The monoisotopic (exact) mass is 281 g/mol. The molecule has 0 unspecified atom stereocenters. The second-order valence-electron chi connectivity index (χ2n) is 5.46. The van der Waals surface area contributed by atoms with Gasteiger partial charge in [-0.25, -0.2) is 4.39 Å². The van der Waals surface area contributed by atoms with Gasteiger partial charge in [0.15, 0.2) is 0 Å². The standard InChI is InChI=1S/C15H20FNO3/c1-17(10-12-4-2-3-5-13(12)16)11-15(14(18)19)6-8-20-9-7-15/h2-5H,6-11H2,1H3,(H,18,19). The summed E-state index contributed by atoms with van der Waals surface area (Å²) in [4.78, 5) is 13.4. The zero-order valence-corrected chi connectivity index (χ0v) is 11.6. The number of rotatable bonds is 5. The number of hydrogen-bond donors (Lipinski definition) is 1. The molecule has 1 heterocycles. The van der Waals surface area contributed by atoms with E-state index < -0.39 is 11.4 Å². The summed E-state index contributed by atoms with van der Waals surface area (Å²) in [6, 6.07) is 6.58. The highest BCUT2D eigenvalue weighted by Gasteiger charge is 2.41. The lowest BCUT2D eigenvalue weighted by Gasteiger charge is -2.36. The van der Waals surface area contributed by atoms with Crippen molar-refractivity contribution in [2.24, 2.45) is 5.41 Å². The van der Waals surface area contributed by atoms with Crippen molar-refractivity contribution in [3.8, 4) is 0 Å².